The number of anilines is 1. The first-order valence-corrected chi connectivity index (χ1v) is 7.19. The predicted octanol–water partition coefficient (Wildman–Crippen LogP) is 2.22. The van der Waals surface area contributed by atoms with Gasteiger partial charge in [0.15, 0.2) is 0 Å². The number of aliphatic hydroxyl groups is 1. The van der Waals surface area contributed by atoms with Crippen molar-refractivity contribution in [3.05, 3.63) is 30.3 Å². The van der Waals surface area contributed by atoms with Crippen molar-refractivity contribution in [3.63, 3.8) is 0 Å². The maximum atomic E-state index is 9.80. The highest BCUT2D eigenvalue weighted by atomic mass is 16.3. The van der Waals surface area contributed by atoms with Crippen molar-refractivity contribution < 1.29 is 5.11 Å². The first-order chi connectivity index (χ1) is 8.99. The highest BCUT2D eigenvalue weighted by Crippen LogP contribution is 2.23. The Hall–Kier alpha value is -1.06. The molecule has 1 aliphatic rings. The third kappa shape index (κ3) is 3.71. The summed E-state index contributed by atoms with van der Waals surface area (Å²) in [6, 6.07) is 10.6. The topological polar surface area (TPSA) is 26.7 Å². The molecule has 1 aliphatic heterocycles. The highest BCUT2D eigenvalue weighted by molar-refractivity contribution is 5.46. The molecule has 1 atom stereocenters. The zero-order chi connectivity index (χ0) is 13.9. The normalized spacial score (nSPS) is 19.5. The van der Waals surface area contributed by atoms with E-state index in [9.17, 15) is 5.11 Å². The quantitative estimate of drug-likeness (QED) is 0.901. The van der Waals surface area contributed by atoms with Crippen LogP contribution in [0, 0.1) is 5.41 Å². The SMILES string of the molecule is CC(O)C(C)(C)CN1CCN(c2ccccc2)CC1. The zero-order valence-corrected chi connectivity index (χ0v) is 12.3. The van der Waals surface area contributed by atoms with Crippen LogP contribution in [0.3, 0.4) is 0 Å². The van der Waals surface area contributed by atoms with Crippen LogP contribution >= 0.6 is 0 Å². The molecule has 0 amide bonds. The largest absolute Gasteiger partial charge is 0.393 e. The van der Waals surface area contributed by atoms with Crippen LogP contribution in [-0.2, 0) is 0 Å². The lowest BCUT2D eigenvalue weighted by molar-refractivity contribution is 0.0330. The molecular weight excluding hydrogens is 236 g/mol. The number of rotatable bonds is 4. The monoisotopic (exact) mass is 262 g/mol. The zero-order valence-electron chi connectivity index (χ0n) is 12.3. The van der Waals surface area contributed by atoms with Crippen LogP contribution < -0.4 is 4.90 Å². The number of aliphatic hydroxyl groups excluding tert-OH is 1. The van der Waals surface area contributed by atoms with E-state index in [2.05, 4.69) is 54.0 Å². The second-order valence-electron chi connectivity index (χ2n) is 6.26. The van der Waals surface area contributed by atoms with Crippen molar-refractivity contribution in [3.8, 4) is 0 Å². The van der Waals surface area contributed by atoms with E-state index < -0.39 is 0 Å². The Morgan fingerprint density at radius 1 is 1.11 bits per heavy atom. The van der Waals surface area contributed by atoms with Gasteiger partial charge in [-0.2, -0.15) is 0 Å². The molecule has 0 aromatic heterocycles. The molecule has 1 aromatic carbocycles. The van der Waals surface area contributed by atoms with Gasteiger partial charge in [0.05, 0.1) is 6.10 Å². The smallest absolute Gasteiger partial charge is 0.0575 e. The number of para-hydroxylation sites is 1. The van der Waals surface area contributed by atoms with Crippen molar-refractivity contribution >= 4 is 5.69 Å². The Labute approximate surface area is 116 Å². The molecule has 1 heterocycles. The number of nitrogens with zero attached hydrogens (tertiary/aromatic N) is 2. The van der Waals surface area contributed by atoms with Crippen LogP contribution in [0.25, 0.3) is 0 Å². The Kier molecular flexibility index (Phi) is 4.48. The minimum Gasteiger partial charge on any atom is -0.393 e. The fraction of sp³-hybridized carbons (Fsp3) is 0.625. The predicted molar refractivity (Wildman–Crippen MR) is 80.6 cm³/mol. The lowest BCUT2D eigenvalue weighted by atomic mass is 9.86. The molecule has 0 bridgehead atoms. The number of hydrogen-bond acceptors (Lipinski definition) is 3. The Morgan fingerprint density at radius 3 is 2.21 bits per heavy atom. The van der Waals surface area contributed by atoms with Gasteiger partial charge in [0, 0.05) is 43.8 Å². The molecule has 0 spiro atoms. The van der Waals surface area contributed by atoms with E-state index in [4.69, 9.17) is 0 Å². The van der Waals surface area contributed by atoms with Crippen molar-refractivity contribution in [2.75, 3.05) is 37.6 Å². The molecule has 1 unspecified atom stereocenters. The fourth-order valence-electron chi connectivity index (χ4n) is 2.51. The number of benzene rings is 1. The van der Waals surface area contributed by atoms with Gasteiger partial charge < -0.3 is 10.0 Å². The van der Waals surface area contributed by atoms with E-state index in [0.717, 1.165) is 32.7 Å². The van der Waals surface area contributed by atoms with Crippen LogP contribution in [0.5, 0.6) is 0 Å². The minimum absolute atomic E-state index is 0.0328. The van der Waals surface area contributed by atoms with Gasteiger partial charge in [0.25, 0.3) is 0 Å². The molecule has 3 heteroatoms. The molecule has 0 saturated carbocycles. The summed E-state index contributed by atoms with van der Waals surface area (Å²) in [7, 11) is 0. The van der Waals surface area contributed by atoms with Gasteiger partial charge in [0.1, 0.15) is 0 Å². The first kappa shape index (κ1) is 14.4. The van der Waals surface area contributed by atoms with Crippen LogP contribution in [0.4, 0.5) is 5.69 Å². The Balaban J connectivity index is 1.86. The van der Waals surface area contributed by atoms with Crippen molar-refractivity contribution in [2.45, 2.75) is 26.9 Å². The van der Waals surface area contributed by atoms with Crippen LogP contribution in [-0.4, -0.2) is 48.8 Å². The van der Waals surface area contributed by atoms with Crippen LogP contribution in [0.15, 0.2) is 30.3 Å². The van der Waals surface area contributed by atoms with Gasteiger partial charge in [-0.3, -0.25) is 4.90 Å². The van der Waals surface area contributed by atoms with Crippen molar-refractivity contribution in [2.24, 2.45) is 5.41 Å². The average Bonchev–Trinajstić information content (AvgIpc) is 2.40. The van der Waals surface area contributed by atoms with Gasteiger partial charge in [0.2, 0.25) is 0 Å². The van der Waals surface area contributed by atoms with E-state index in [-0.39, 0.29) is 11.5 Å². The van der Waals surface area contributed by atoms with Gasteiger partial charge in [-0.15, -0.1) is 0 Å². The van der Waals surface area contributed by atoms with E-state index in [1.165, 1.54) is 5.69 Å². The van der Waals surface area contributed by atoms with E-state index in [1.807, 2.05) is 6.92 Å². The fourth-order valence-corrected chi connectivity index (χ4v) is 2.51. The molecule has 2 rings (SSSR count). The van der Waals surface area contributed by atoms with Gasteiger partial charge in [-0.1, -0.05) is 32.0 Å². The highest BCUT2D eigenvalue weighted by Gasteiger charge is 2.28. The molecular formula is C16H26N2O. The summed E-state index contributed by atoms with van der Waals surface area (Å²) in [6.07, 6.45) is -0.264. The molecule has 1 N–H and O–H groups in total. The molecule has 0 aliphatic carbocycles. The molecule has 3 nitrogen and oxygen atoms in total. The van der Waals surface area contributed by atoms with Gasteiger partial charge >= 0.3 is 0 Å². The minimum atomic E-state index is -0.264. The molecule has 106 valence electrons. The second-order valence-corrected chi connectivity index (χ2v) is 6.26. The van der Waals surface area contributed by atoms with Crippen molar-refractivity contribution in [1.29, 1.82) is 0 Å². The molecule has 1 saturated heterocycles. The van der Waals surface area contributed by atoms with Crippen LogP contribution in [0.1, 0.15) is 20.8 Å². The standard InChI is InChI=1S/C16H26N2O/c1-14(19)16(2,3)13-17-9-11-18(12-10-17)15-7-5-4-6-8-15/h4-8,14,19H,9-13H2,1-3H3. The maximum Gasteiger partial charge on any atom is 0.0575 e. The van der Waals surface area contributed by atoms with Crippen molar-refractivity contribution in [1.82, 2.24) is 4.90 Å². The maximum absolute atomic E-state index is 9.80. The van der Waals surface area contributed by atoms with E-state index >= 15 is 0 Å². The summed E-state index contributed by atoms with van der Waals surface area (Å²) >= 11 is 0. The third-order valence-electron chi connectivity index (χ3n) is 4.26. The van der Waals surface area contributed by atoms with E-state index in [0.29, 0.717) is 0 Å². The summed E-state index contributed by atoms with van der Waals surface area (Å²) in [6.45, 7) is 11.4. The Bertz CT molecular complexity index is 381. The lowest BCUT2D eigenvalue weighted by Gasteiger charge is -2.40. The molecule has 19 heavy (non-hydrogen) atoms. The third-order valence-corrected chi connectivity index (χ3v) is 4.26. The average molecular weight is 262 g/mol. The summed E-state index contributed by atoms with van der Waals surface area (Å²) in [4.78, 5) is 4.90. The summed E-state index contributed by atoms with van der Waals surface area (Å²) < 4.78 is 0. The number of piperazine rings is 1. The summed E-state index contributed by atoms with van der Waals surface area (Å²) in [5.74, 6) is 0. The summed E-state index contributed by atoms with van der Waals surface area (Å²) in [5.41, 5.74) is 1.28. The second kappa shape index (κ2) is 5.93. The molecule has 1 aromatic rings. The summed E-state index contributed by atoms with van der Waals surface area (Å²) in [5, 5.41) is 9.80. The first-order valence-electron chi connectivity index (χ1n) is 7.19. The number of hydrogen-bond donors (Lipinski definition) is 1. The van der Waals surface area contributed by atoms with E-state index in [1.54, 1.807) is 0 Å². The molecule has 1 fully saturated rings. The van der Waals surface area contributed by atoms with Gasteiger partial charge in [-0.05, 0) is 19.1 Å². The van der Waals surface area contributed by atoms with Crippen LogP contribution in [0.2, 0.25) is 0 Å². The lowest BCUT2D eigenvalue weighted by Crippen LogP contribution is -2.50. The van der Waals surface area contributed by atoms with Gasteiger partial charge in [-0.25, -0.2) is 0 Å². The molecule has 0 radical (unpaired) electrons. The Morgan fingerprint density at radius 2 is 1.68 bits per heavy atom.